The Hall–Kier alpha value is -0.580. The van der Waals surface area contributed by atoms with Crippen LogP contribution in [-0.2, 0) is 4.79 Å². The standard InChI is InChI=1S/C7H5Cl3N2O2/c1-3(6(10)13)12-7(14)5(9)4(8)2-11-12/h2-3H,1H3. The number of halogens is 3. The van der Waals surface area contributed by atoms with Gasteiger partial charge in [-0.15, -0.1) is 0 Å². The van der Waals surface area contributed by atoms with Crippen LogP contribution in [0.25, 0.3) is 0 Å². The number of carbonyl (C=O) groups is 1. The number of carbonyl (C=O) groups excluding carboxylic acids is 1. The molecule has 0 saturated carbocycles. The molecule has 0 saturated heterocycles. The van der Waals surface area contributed by atoms with E-state index in [2.05, 4.69) is 5.10 Å². The molecule has 0 aliphatic heterocycles. The number of aromatic nitrogens is 2. The molecule has 1 heterocycles. The van der Waals surface area contributed by atoms with E-state index in [0.717, 1.165) is 4.68 Å². The monoisotopic (exact) mass is 254 g/mol. The van der Waals surface area contributed by atoms with Crippen molar-refractivity contribution < 1.29 is 4.79 Å². The van der Waals surface area contributed by atoms with Crippen LogP contribution in [-0.4, -0.2) is 15.0 Å². The van der Waals surface area contributed by atoms with Crippen molar-refractivity contribution in [1.82, 2.24) is 9.78 Å². The zero-order chi connectivity index (χ0) is 10.9. The van der Waals surface area contributed by atoms with E-state index < -0.39 is 16.8 Å². The van der Waals surface area contributed by atoms with E-state index in [1.807, 2.05) is 0 Å². The SMILES string of the molecule is CC(C(=O)Cl)n1ncc(Cl)c(Cl)c1=O. The third-order valence-electron chi connectivity index (χ3n) is 1.60. The van der Waals surface area contributed by atoms with Crippen molar-refractivity contribution in [1.29, 1.82) is 0 Å². The first-order valence-corrected chi connectivity index (χ1v) is 4.70. The van der Waals surface area contributed by atoms with Crippen LogP contribution in [0.1, 0.15) is 13.0 Å². The quantitative estimate of drug-likeness (QED) is 0.758. The molecule has 14 heavy (non-hydrogen) atoms. The highest BCUT2D eigenvalue weighted by Gasteiger charge is 2.17. The van der Waals surface area contributed by atoms with Gasteiger partial charge in [-0.3, -0.25) is 9.59 Å². The van der Waals surface area contributed by atoms with Gasteiger partial charge in [0.15, 0.2) is 0 Å². The fourth-order valence-corrected chi connectivity index (χ4v) is 1.15. The van der Waals surface area contributed by atoms with Crippen LogP contribution in [0.4, 0.5) is 0 Å². The second-order valence-electron chi connectivity index (χ2n) is 2.54. The summed E-state index contributed by atoms with van der Waals surface area (Å²) in [7, 11) is 0. The van der Waals surface area contributed by atoms with Gasteiger partial charge in [-0.2, -0.15) is 5.10 Å². The van der Waals surface area contributed by atoms with Gasteiger partial charge in [0.2, 0.25) is 5.24 Å². The predicted molar refractivity (Wildman–Crippen MR) is 54.1 cm³/mol. The van der Waals surface area contributed by atoms with Gasteiger partial charge < -0.3 is 0 Å². The Balaban J connectivity index is 3.32. The molecule has 0 bridgehead atoms. The van der Waals surface area contributed by atoms with Crippen LogP contribution in [0.2, 0.25) is 10.0 Å². The summed E-state index contributed by atoms with van der Waals surface area (Å²) in [5.41, 5.74) is -0.638. The lowest BCUT2D eigenvalue weighted by Gasteiger charge is -2.08. The third kappa shape index (κ3) is 2.08. The van der Waals surface area contributed by atoms with E-state index in [-0.39, 0.29) is 10.0 Å². The molecule has 0 aliphatic carbocycles. The first-order chi connectivity index (χ1) is 6.45. The molecule has 76 valence electrons. The molecular weight excluding hydrogens is 250 g/mol. The molecule has 1 rings (SSSR count). The van der Waals surface area contributed by atoms with Gasteiger partial charge in [0.25, 0.3) is 5.56 Å². The Morgan fingerprint density at radius 2 is 2.14 bits per heavy atom. The van der Waals surface area contributed by atoms with Crippen molar-refractivity contribution in [2.45, 2.75) is 13.0 Å². The molecule has 0 N–H and O–H groups in total. The summed E-state index contributed by atoms with van der Waals surface area (Å²) < 4.78 is 0.879. The predicted octanol–water partition coefficient (Wildman–Crippen LogP) is 1.88. The molecular formula is C7H5Cl3N2O2. The second kappa shape index (κ2) is 4.29. The lowest BCUT2D eigenvalue weighted by Crippen LogP contribution is -2.28. The fraction of sp³-hybridized carbons (Fsp3) is 0.286. The molecule has 0 amide bonds. The minimum atomic E-state index is -0.862. The summed E-state index contributed by atoms with van der Waals surface area (Å²) in [5.74, 6) is 0. The smallest absolute Gasteiger partial charge is 0.279 e. The van der Waals surface area contributed by atoms with E-state index in [1.165, 1.54) is 13.1 Å². The van der Waals surface area contributed by atoms with Gasteiger partial charge in [-0.05, 0) is 18.5 Å². The Morgan fingerprint density at radius 1 is 1.57 bits per heavy atom. The van der Waals surface area contributed by atoms with Crippen molar-refractivity contribution in [3.63, 3.8) is 0 Å². The average molecular weight is 255 g/mol. The van der Waals surface area contributed by atoms with Crippen LogP contribution in [0.5, 0.6) is 0 Å². The normalized spacial score (nSPS) is 12.6. The summed E-state index contributed by atoms with van der Waals surface area (Å²) in [5, 5.41) is 2.82. The Bertz CT molecular complexity index is 429. The van der Waals surface area contributed by atoms with Crippen LogP contribution in [0, 0.1) is 0 Å². The van der Waals surface area contributed by atoms with Crippen molar-refractivity contribution in [2.24, 2.45) is 0 Å². The molecule has 1 unspecified atom stereocenters. The number of rotatable bonds is 2. The Labute approximate surface area is 94.4 Å². The minimum absolute atomic E-state index is 0.0436. The van der Waals surface area contributed by atoms with Crippen LogP contribution < -0.4 is 5.56 Å². The average Bonchev–Trinajstić information content (AvgIpc) is 2.13. The van der Waals surface area contributed by atoms with Gasteiger partial charge in [-0.1, -0.05) is 23.2 Å². The number of hydrogen-bond acceptors (Lipinski definition) is 3. The molecule has 0 aliphatic rings. The number of hydrogen-bond donors (Lipinski definition) is 0. The van der Waals surface area contributed by atoms with Gasteiger partial charge in [0.05, 0.1) is 11.2 Å². The summed E-state index contributed by atoms with van der Waals surface area (Å²) in [4.78, 5) is 22.2. The highest BCUT2D eigenvalue weighted by molar-refractivity contribution is 6.64. The summed E-state index contributed by atoms with van der Waals surface area (Å²) in [6, 6.07) is -0.862. The van der Waals surface area contributed by atoms with E-state index >= 15 is 0 Å². The summed E-state index contributed by atoms with van der Waals surface area (Å²) >= 11 is 16.3. The minimum Gasteiger partial charge on any atom is -0.279 e. The van der Waals surface area contributed by atoms with Gasteiger partial charge in [-0.25, -0.2) is 4.68 Å². The lowest BCUT2D eigenvalue weighted by atomic mass is 10.4. The van der Waals surface area contributed by atoms with E-state index in [1.54, 1.807) is 0 Å². The van der Waals surface area contributed by atoms with Gasteiger partial charge in [0.1, 0.15) is 11.1 Å². The van der Waals surface area contributed by atoms with Crippen molar-refractivity contribution in [3.8, 4) is 0 Å². The molecule has 1 aromatic heterocycles. The highest BCUT2D eigenvalue weighted by atomic mass is 35.5. The zero-order valence-corrected chi connectivity index (χ0v) is 9.27. The molecule has 0 radical (unpaired) electrons. The molecule has 1 aromatic rings. The second-order valence-corrected chi connectivity index (χ2v) is 3.69. The van der Waals surface area contributed by atoms with E-state index in [9.17, 15) is 9.59 Å². The molecule has 7 heteroatoms. The molecule has 0 spiro atoms. The van der Waals surface area contributed by atoms with Crippen molar-refractivity contribution in [3.05, 3.63) is 26.6 Å². The van der Waals surface area contributed by atoms with Gasteiger partial charge in [0, 0.05) is 0 Å². The first-order valence-electron chi connectivity index (χ1n) is 3.57. The van der Waals surface area contributed by atoms with Crippen molar-refractivity contribution in [2.75, 3.05) is 0 Å². The van der Waals surface area contributed by atoms with E-state index in [0.29, 0.717) is 0 Å². The van der Waals surface area contributed by atoms with Gasteiger partial charge >= 0.3 is 0 Å². The maximum atomic E-state index is 11.4. The van der Waals surface area contributed by atoms with Crippen LogP contribution in [0.15, 0.2) is 11.0 Å². The van der Waals surface area contributed by atoms with Crippen LogP contribution in [0.3, 0.4) is 0 Å². The maximum Gasteiger partial charge on any atom is 0.287 e. The lowest BCUT2D eigenvalue weighted by molar-refractivity contribution is -0.114. The molecule has 0 fully saturated rings. The third-order valence-corrected chi connectivity index (χ3v) is 2.66. The largest absolute Gasteiger partial charge is 0.287 e. The Kier molecular flexibility index (Phi) is 3.53. The maximum absolute atomic E-state index is 11.4. The summed E-state index contributed by atoms with van der Waals surface area (Å²) in [6.07, 6.45) is 1.18. The first kappa shape index (κ1) is 11.5. The highest BCUT2D eigenvalue weighted by Crippen LogP contribution is 2.16. The van der Waals surface area contributed by atoms with E-state index in [4.69, 9.17) is 34.8 Å². The fourth-order valence-electron chi connectivity index (χ4n) is 0.797. The zero-order valence-electron chi connectivity index (χ0n) is 7.00. The number of nitrogens with zero attached hydrogens (tertiary/aromatic N) is 2. The topological polar surface area (TPSA) is 52.0 Å². The molecule has 0 aromatic carbocycles. The molecule has 4 nitrogen and oxygen atoms in total. The molecule has 1 atom stereocenters. The van der Waals surface area contributed by atoms with Crippen molar-refractivity contribution >= 4 is 40.0 Å². The summed E-state index contributed by atoms with van der Waals surface area (Å²) in [6.45, 7) is 1.44. The van der Waals surface area contributed by atoms with Crippen LogP contribution >= 0.6 is 34.8 Å². The Morgan fingerprint density at radius 3 is 2.64 bits per heavy atom.